The van der Waals surface area contributed by atoms with Crippen molar-refractivity contribution in [1.29, 1.82) is 5.26 Å². The van der Waals surface area contributed by atoms with Gasteiger partial charge in [-0.05, 0) is 57.7 Å². The van der Waals surface area contributed by atoms with Crippen LogP contribution in [0, 0.1) is 37.0 Å². The molecule has 5 unspecified atom stereocenters. The van der Waals surface area contributed by atoms with Gasteiger partial charge < -0.3 is 29.0 Å². The summed E-state index contributed by atoms with van der Waals surface area (Å²) in [4.78, 5) is 34.0. The van der Waals surface area contributed by atoms with Crippen molar-refractivity contribution in [3.8, 4) is 34.8 Å². The number of phenols is 1. The van der Waals surface area contributed by atoms with Gasteiger partial charge in [-0.15, -0.1) is 0 Å². The van der Waals surface area contributed by atoms with Crippen LogP contribution in [0.2, 0.25) is 0 Å². The second kappa shape index (κ2) is 11.4. The zero-order valence-electron chi connectivity index (χ0n) is 29.1. The standard InChI is InChI=1S/C39H40N4O7/c1-8-12-48-35-20(4)36-37(50-17-49-36)30-24(35)15-26-32-29-22(13-19(3)34(47-7)33(29)44)14-25(41(32)6)27(16-40)43(26)31(30)21(5)42-38(45)23-11-9-10-18(2)28(23)39(42)46/h8-11,13,18,25-28,32,44H,1,12,14-15,17H2,2-7H3/b31-21+/t18?,25?,26?,27-,28?,32?/m0/s1. The van der Waals surface area contributed by atoms with Crippen LogP contribution in [0.25, 0.3) is 5.70 Å². The number of amides is 2. The van der Waals surface area contributed by atoms with Crippen LogP contribution in [0.4, 0.5) is 0 Å². The van der Waals surface area contributed by atoms with Crippen molar-refractivity contribution in [2.24, 2.45) is 11.8 Å². The first-order chi connectivity index (χ1) is 24.0. The molecule has 2 amide bonds. The van der Waals surface area contributed by atoms with Gasteiger partial charge in [0.2, 0.25) is 12.7 Å². The third-order valence-corrected chi connectivity index (χ3v) is 11.5. The van der Waals surface area contributed by atoms with E-state index in [-0.39, 0.29) is 42.9 Å². The van der Waals surface area contributed by atoms with E-state index in [1.54, 1.807) is 26.2 Å². The number of nitrogens with zero attached hydrogens (tertiary/aromatic N) is 4. The lowest BCUT2D eigenvalue weighted by atomic mass is 9.72. The number of aromatic hydroxyl groups is 1. The monoisotopic (exact) mass is 676 g/mol. The number of methoxy groups -OCH3 is 1. The van der Waals surface area contributed by atoms with Crippen LogP contribution in [-0.4, -0.2) is 77.3 Å². The van der Waals surface area contributed by atoms with Crippen molar-refractivity contribution >= 4 is 17.5 Å². The Hall–Kier alpha value is -5.21. The number of carbonyl (C=O) groups is 2. The van der Waals surface area contributed by atoms with Crippen molar-refractivity contribution in [2.45, 2.75) is 64.7 Å². The van der Waals surface area contributed by atoms with Crippen LogP contribution < -0.4 is 18.9 Å². The SMILES string of the molecule is C=CCOc1c(C)c2c(c3c1CC1C4c5c(cc(C)c(OC)c5O)CC([C@H](C#N)N1/C3=C(\C)N1C(=O)C3=CC=CC(C)C3C1=O)N4C)OCO2. The van der Waals surface area contributed by atoms with Gasteiger partial charge in [0.15, 0.2) is 23.0 Å². The molecule has 1 N–H and O–H groups in total. The number of ether oxygens (including phenoxy) is 4. The molecule has 11 heteroatoms. The first kappa shape index (κ1) is 32.0. The quantitative estimate of drug-likeness (QED) is 0.347. The van der Waals surface area contributed by atoms with E-state index in [1.807, 2.05) is 40.0 Å². The van der Waals surface area contributed by atoms with Crippen LogP contribution >= 0.6 is 0 Å². The lowest BCUT2D eigenvalue weighted by Crippen LogP contribution is -2.67. The molecule has 6 atom stereocenters. The molecule has 2 aromatic carbocycles. The Morgan fingerprint density at radius 1 is 1.18 bits per heavy atom. The number of phenolic OH excluding ortho intramolecular Hbond substituents is 1. The summed E-state index contributed by atoms with van der Waals surface area (Å²) in [5.74, 6) is 0.659. The Kier molecular flexibility index (Phi) is 7.31. The topological polar surface area (TPSA) is 125 Å². The molecule has 8 rings (SSSR count). The lowest BCUT2D eigenvalue weighted by Gasteiger charge is -2.59. The summed E-state index contributed by atoms with van der Waals surface area (Å²) in [6, 6.07) is 2.88. The highest BCUT2D eigenvalue weighted by Crippen LogP contribution is 2.59. The number of hydrogen-bond acceptors (Lipinski definition) is 10. The number of imide groups is 1. The first-order valence-corrected chi connectivity index (χ1v) is 17.0. The maximum Gasteiger partial charge on any atom is 0.261 e. The van der Waals surface area contributed by atoms with Gasteiger partial charge >= 0.3 is 0 Å². The zero-order chi connectivity index (χ0) is 35.3. The normalized spacial score (nSPS) is 28.3. The number of likely N-dealkylation sites (N-methyl/N-ethyl adjacent to an activating group) is 1. The van der Waals surface area contributed by atoms with Crippen LogP contribution in [0.5, 0.6) is 28.7 Å². The summed E-state index contributed by atoms with van der Waals surface area (Å²) in [5, 5.41) is 22.9. The highest BCUT2D eigenvalue weighted by molar-refractivity contribution is 6.17. The molecule has 0 radical (unpaired) electrons. The number of carbonyl (C=O) groups excluding carboxylic acids is 2. The fraction of sp³-hybridized carbons (Fsp3) is 0.410. The maximum atomic E-state index is 14.3. The Labute approximate surface area is 291 Å². The molecule has 5 aliphatic heterocycles. The summed E-state index contributed by atoms with van der Waals surface area (Å²) >= 11 is 0. The van der Waals surface area contributed by atoms with E-state index in [0.717, 1.165) is 27.8 Å². The predicted molar refractivity (Wildman–Crippen MR) is 183 cm³/mol. The minimum Gasteiger partial charge on any atom is -0.504 e. The Bertz CT molecular complexity index is 2040. The zero-order valence-corrected chi connectivity index (χ0v) is 29.1. The fourth-order valence-electron chi connectivity index (χ4n) is 9.40. The number of aryl methyl sites for hydroxylation is 1. The number of allylic oxidation sites excluding steroid dienone is 4. The third-order valence-electron chi connectivity index (χ3n) is 11.5. The average molecular weight is 677 g/mol. The van der Waals surface area contributed by atoms with Crippen molar-refractivity contribution in [3.05, 3.63) is 81.6 Å². The largest absolute Gasteiger partial charge is 0.504 e. The second-order valence-electron chi connectivity index (χ2n) is 14.0. The van der Waals surface area contributed by atoms with Gasteiger partial charge in [0.25, 0.3) is 5.91 Å². The van der Waals surface area contributed by atoms with Crippen LogP contribution in [0.15, 0.2) is 48.2 Å². The molecule has 2 fully saturated rings. The van der Waals surface area contributed by atoms with Gasteiger partial charge in [0.05, 0.1) is 48.1 Å². The van der Waals surface area contributed by atoms with Gasteiger partial charge in [-0.25, -0.2) is 4.90 Å². The molecule has 2 saturated heterocycles. The highest BCUT2D eigenvalue weighted by Gasteiger charge is 2.57. The average Bonchev–Trinajstić information content (AvgIpc) is 3.68. The molecular weight excluding hydrogens is 636 g/mol. The smallest absolute Gasteiger partial charge is 0.261 e. The van der Waals surface area contributed by atoms with Gasteiger partial charge in [-0.3, -0.25) is 14.5 Å². The Morgan fingerprint density at radius 3 is 2.64 bits per heavy atom. The van der Waals surface area contributed by atoms with Crippen LogP contribution in [-0.2, 0) is 22.4 Å². The van der Waals surface area contributed by atoms with Gasteiger partial charge in [0.1, 0.15) is 18.4 Å². The molecule has 11 nitrogen and oxygen atoms in total. The Morgan fingerprint density at radius 2 is 1.94 bits per heavy atom. The number of rotatable bonds is 5. The van der Waals surface area contributed by atoms with E-state index in [4.69, 9.17) is 18.9 Å². The van der Waals surface area contributed by atoms with Crippen molar-refractivity contribution in [1.82, 2.24) is 14.7 Å². The molecular formula is C39H40N4O7. The molecule has 258 valence electrons. The molecule has 2 bridgehead atoms. The number of fused-ring (bicyclic) bond motifs is 10. The predicted octanol–water partition coefficient (Wildman–Crippen LogP) is 4.85. The lowest BCUT2D eigenvalue weighted by molar-refractivity contribution is -0.137. The van der Waals surface area contributed by atoms with Crippen LogP contribution in [0.3, 0.4) is 0 Å². The van der Waals surface area contributed by atoms with Crippen molar-refractivity contribution in [3.63, 3.8) is 0 Å². The number of nitriles is 1. The number of piperazine rings is 1. The van der Waals surface area contributed by atoms with Gasteiger partial charge in [-0.2, -0.15) is 5.26 Å². The van der Waals surface area contributed by atoms with E-state index in [1.165, 1.54) is 4.90 Å². The molecule has 1 aliphatic carbocycles. The van der Waals surface area contributed by atoms with Gasteiger partial charge in [-0.1, -0.05) is 43.9 Å². The molecule has 0 spiro atoms. The molecule has 0 aromatic heterocycles. The Balaban J connectivity index is 1.44. The number of likely N-dealkylation sites (tertiary alicyclic amines) is 1. The summed E-state index contributed by atoms with van der Waals surface area (Å²) in [6.45, 7) is 11.6. The van der Waals surface area contributed by atoms with Crippen LogP contribution in [0.1, 0.15) is 53.3 Å². The maximum absolute atomic E-state index is 14.3. The molecule has 50 heavy (non-hydrogen) atoms. The number of hydrogen-bond donors (Lipinski definition) is 1. The molecule has 6 aliphatic rings. The first-order valence-electron chi connectivity index (χ1n) is 17.0. The molecule has 2 aromatic rings. The van der Waals surface area contributed by atoms with E-state index in [2.05, 4.69) is 28.5 Å². The fourth-order valence-corrected chi connectivity index (χ4v) is 9.40. The van der Waals surface area contributed by atoms with E-state index in [9.17, 15) is 20.0 Å². The molecule has 0 saturated carbocycles. The van der Waals surface area contributed by atoms with E-state index in [0.29, 0.717) is 58.4 Å². The number of benzene rings is 2. The second-order valence-corrected chi connectivity index (χ2v) is 14.0. The summed E-state index contributed by atoms with van der Waals surface area (Å²) in [7, 11) is 3.54. The summed E-state index contributed by atoms with van der Waals surface area (Å²) < 4.78 is 24.3. The van der Waals surface area contributed by atoms with Crippen molar-refractivity contribution in [2.75, 3.05) is 27.6 Å². The minimum absolute atomic E-state index is 0.0148. The summed E-state index contributed by atoms with van der Waals surface area (Å²) in [6.07, 6.45) is 8.08. The minimum atomic E-state index is -0.691. The highest BCUT2D eigenvalue weighted by atomic mass is 16.7. The molecule has 5 heterocycles. The van der Waals surface area contributed by atoms with E-state index < -0.39 is 24.0 Å². The van der Waals surface area contributed by atoms with E-state index >= 15 is 0 Å². The van der Waals surface area contributed by atoms with Gasteiger partial charge in [0, 0.05) is 28.3 Å². The third kappa shape index (κ3) is 4.11. The van der Waals surface area contributed by atoms with Crippen molar-refractivity contribution < 1.29 is 33.6 Å². The summed E-state index contributed by atoms with van der Waals surface area (Å²) in [5.41, 5.74) is 6.13.